The van der Waals surface area contributed by atoms with Crippen molar-refractivity contribution in [1.29, 1.82) is 0 Å². The van der Waals surface area contributed by atoms with Gasteiger partial charge in [0, 0.05) is 0 Å². The maximum atomic E-state index is 4.14. The molecule has 7 heavy (non-hydrogen) atoms. The number of aliphatic imine (C=N–C) groups is 1. The van der Waals surface area contributed by atoms with Crippen LogP contribution >= 0.6 is 0 Å². The lowest BCUT2D eigenvalue weighted by Gasteiger charge is -1.87. The smallest absolute Gasteiger partial charge is 0.115 e. The van der Waals surface area contributed by atoms with E-state index in [-0.39, 0.29) is 0 Å². The largest absolute Gasteiger partial charge is 0.269 e. The van der Waals surface area contributed by atoms with E-state index in [1.165, 1.54) is 0 Å². The van der Waals surface area contributed by atoms with Crippen molar-refractivity contribution in [2.24, 2.45) is 4.99 Å². The zero-order valence-electron chi connectivity index (χ0n) is 4.68. The van der Waals surface area contributed by atoms with Crippen LogP contribution < -0.4 is 5.32 Å². The Bertz CT molecular complexity index is 96.3. The van der Waals surface area contributed by atoms with Crippen LogP contribution in [0.1, 0.15) is 13.8 Å². The fraction of sp³-hybridized carbons (Fsp3) is 0.800. The van der Waals surface area contributed by atoms with E-state index in [1.54, 1.807) is 0 Å². The van der Waals surface area contributed by atoms with Crippen molar-refractivity contribution >= 4 is 5.84 Å². The maximum Gasteiger partial charge on any atom is 0.115 e. The van der Waals surface area contributed by atoms with Crippen molar-refractivity contribution in [2.45, 2.75) is 19.9 Å². The third kappa shape index (κ3) is 0.918. The van der Waals surface area contributed by atoms with E-state index in [0.29, 0.717) is 6.04 Å². The molecule has 0 fully saturated rings. The number of rotatable bonds is 0. The summed E-state index contributed by atoms with van der Waals surface area (Å²) in [5.74, 6) is 0.951. The average molecular weight is 97.1 g/mol. The van der Waals surface area contributed by atoms with Gasteiger partial charge in [0.1, 0.15) is 5.84 Å². The zero-order chi connectivity index (χ0) is 5.28. The summed E-state index contributed by atoms with van der Waals surface area (Å²) in [6.45, 7) is 4.90. The molecule has 1 unspecified atom stereocenters. The van der Waals surface area contributed by atoms with Crippen LogP contribution in [0.25, 0.3) is 0 Å². The lowest BCUT2D eigenvalue weighted by molar-refractivity contribution is 0.760. The molecular formula is C5H9N2. The van der Waals surface area contributed by atoms with Crippen molar-refractivity contribution in [3.05, 3.63) is 0 Å². The molecule has 0 bridgehead atoms. The third-order valence-electron chi connectivity index (χ3n) is 0.992. The van der Waals surface area contributed by atoms with Gasteiger partial charge in [0.2, 0.25) is 0 Å². The Morgan fingerprint density at radius 1 is 1.71 bits per heavy atom. The van der Waals surface area contributed by atoms with Crippen LogP contribution in [-0.4, -0.2) is 18.4 Å². The molecule has 0 aromatic heterocycles. The van der Waals surface area contributed by atoms with Gasteiger partial charge in [0.25, 0.3) is 0 Å². The van der Waals surface area contributed by atoms with E-state index in [4.69, 9.17) is 0 Å². The lowest BCUT2D eigenvalue weighted by Crippen LogP contribution is -2.08. The predicted molar refractivity (Wildman–Crippen MR) is 29.6 cm³/mol. The summed E-state index contributed by atoms with van der Waals surface area (Å²) in [7, 11) is 0. The molecule has 0 aliphatic carbocycles. The first-order chi connectivity index (χ1) is 3.29. The quantitative estimate of drug-likeness (QED) is 0.418. The summed E-state index contributed by atoms with van der Waals surface area (Å²) in [4.78, 5) is 4.14. The minimum Gasteiger partial charge on any atom is -0.269 e. The highest BCUT2D eigenvalue weighted by molar-refractivity contribution is 5.80. The normalized spacial score (nSPS) is 29.4. The van der Waals surface area contributed by atoms with E-state index in [1.807, 2.05) is 6.92 Å². The molecule has 1 heterocycles. The Hall–Kier alpha value is -0.530. The molecule has 1 aliphatic rings. The molecule has 0 aromatic rings. The molecule has 1 aliphatic heterocycles. The number of hydrogen-bond acceptors (Lipinski definition) is 1. The fourth-order valence-electron chi connectivity index (χ4n) is 0.665. The number of nitrogens with zero attached hydrogens (tertiary/aromatic N) is 2. The summed E-state index contributed by atoms with van der Waals surface area (Å²) in [5.41, 5.74) is 0. The highest BCUT2D eigenvalue weighted by Crippen LogP contribution is 1.95. The Morgan fingerprint density at radius 2 is 2.43 bits per heavy atom. The van der Waals surface area contributed by atoms with Crippen molar-refractivity contribution in [3.8, 4) is 0 Å². The minimum absolute atomic E-state index is 0.444. The molecule has 0 spiro atoms. The van der Waals surface area contributed by atoms with Gasteiger partial charge in [-0.05, 0) is 13.8 Å². The topological polar surface area (TPSA) is 26.5 Å². The Labute approximate surface area is 43.6 Å². The predicted octanol–water partition coefficient (Wildman–Crippen LogP) is 0.411. The zero-order valence-corrected chi connectivity index (χ0v) is 4.68. The van der Waals surface area contributed by atoms with Crippen molar-refractivity contribution < 1.29 is 0 Å². The summed E-state index contributed by atoms with van der Waals surface area (Å²) in [6, 6.07) is 0.444. The molecule has 2 heteroatoms. The van der Waals surface area contributed by atoms with Gasteiger partial charge in [0.15, 0.2) is 0 Å². The molecule has 0 amide bonds. The summed E-state index contributed by atoms with van der Waals surface area (Å²) in [6.07, 6.45) is 0. The number of hydrogen-bond donors (Lipinski definition) is 0. The number of amidine groups is 1. The monoisotopic (exact) mass is 97.1 g/mol. The molecule has 0 saturated carbocycles. The van der Waals surface area contributed by atoms with Gasteiger partial charge in [-0.3, -0.25) is 10.3 Å². The molecule has 0 N–H and O–H groups in total. The molecule has 0 aromatic carbocycles. The van der Waals surface area contributed by atoms with Gasteiger partial charge >= 0.3 is 0 Å². The summed E-state index contributed by atoms with van der Waals surface area (Å²) >= 11 is 0. The van der Waals surface area contributed by atoms with Gasteiger partial charge in [-0.25, -0.2) is 0 Å². The van der Waals surface area contributed by atoms with E-state index in [2.05, 4.69) is 17.2 Å². The Kier molecular flexibility index (Phi) is 1.01. The SMILES string of the molecule is CC1=NC(C)C[N]1. The first-order valence-corrected chi connectivity index (χ1v) is 2.51. The van der Waals surface area contributed by atoms with Crippen LogP contribution in [-0.2, 0) is 0 Å². The fourth-order valence-corrected chi connectivity index (χ4v) is 0.665. The Balaban J connectivity index is 2.50. The first-order valence-electron chi connectivity index (χ1n) is 2.51. The molecule has 1 atom stereocenters. The minimum atomic E-state index is 0.444. The maximum absolute atomic E-state index is 4.14. The molecule has 0 saturated heterocycles. The van der Waals surface area contributed by atoms with Gasteiger partial charge in [-0.1, -0.05) is 0 Å². The van der Waals surface area contributed by atoms with E-state index in [0.717, 1.165) is 12.4 Å². The van der Waals surface area contributed by atoms with Gasteiger partial charge in [-0.2, -0.15) is 0 Å². The highest BCUT2D eigenvalue weighted by atomic mass is 15.1. The second-order valence-electron chi connectivity index (χ2n) is 1.87. The standard InChI is InChI=1S/C5H9N2/c1-4-3-6-5(2)7-4/h4H,3H2,1-2H3. The molecule has 2 nitrogen and oxygen atoms in total. The first kappa shape index (κ1) is 4.62. The van der Waals surface area contributed by atoms with Crippen molar-refractivity contribution in [2.75, 3.05) is 6.54 Å². The van der Waals surface area contributed by atoms with E-state index in [9.17, 15) is 0 Å². The van der Waals surface area contributed by atoms with Gasteiger partial charge in [-0.15, -0.1) is 0 Å². The second kappa shape index (κ2) is 1.52. The molecule has 1 radical (unpaired) electrons. The van der Waals surface area contributed by atoms with Crippen molar-refractivity contribution in [1.82, 2.24) is 5.32 Å². The lowest BCUT2D eigenvalue weighted by atomic mass is 10.4. The highest BCUT2D eigenvalue weighted by Gasteiger charge is 2.07. The van der Waals surface area contributed by atoms with Gasteiger partial charge in [0.05, 0.1) is 12.6 Å². The average Bonchev–Trinajstić information content (AvgIpc) is 1.87. The van der Waals surface area contributed by atoms with Crippen LogP contribution in [0, 0.1) is 0 Å². The Morgan fingerprint density at radius 3 is 2.57 bits per heavy atom. The van der Waals surface area contributed by atoms with Crippen LogP contribution in [0.2, 0.25) is 0 Å². The molecular weight excluding hydrogens is 88.1 g/mol. The van der Waals surface area contributed by atoms with Crippen LogP contribution in [0.5, 0.6) is 0 Å². The van der Waals surface area contributed by atoms with Crippen LogP contribution in [0.15, 0.2) is 4.99 Å². The summed E-state index contributed by atoms with van der Waals surface area (Å²) in [5, 5.41) is 4.07. The third-order valence-corrected chi connectivity index (χ3v) is 0.992. The second-order valence-corrected chi connectivity index (χ2v) is 1.87. The van der Waals surface area contributed by atoms with E-state index >= 15 is 0 Å². The molecule has 39 valence electrons. The van der Waals surface area contributed by atoms with E-state index < -0.39 is 0 Å². The van der Waals surface area contributed by atoms with Gasteiger partial charge < -0.3 is 0 Å². The summed E-state index contributed by atoms with van der Waals surface area (Å²) < 4.78 is 0. The van der Waals surface area contributed by atoms with Crippen LogP contribution in [0.4, 0.5) is 0 Å². The van der Waals surface area contributed by atoms with Crippen molar-refractivity contribution in [3.63, 3.8) is 0 Å². The van der Waals surface area contributed by atoms with Crippen LogP contribution in [0.3, 0.4) is 0 Å². The molecule has 1 rings (SSSR count).